The molecule has 130 valence electrons. The Bertz CT molecular complexity index is 673. The van der Waals surface area contributed by atoms with Crippen LogP contribution in [0.2, 0.25) is 0 Å². The molecule has 0 aliphatic carbocycles. The first-order valence-corrected chi connectivity index (χ1v) is 8.15. The first kappa shape index (κ1) is 17.0. The smallest absolute Gasteiger partial charge is 0.149 e. The summed E-state index contributed by atoms with van der Waals surface area (Å²) >= 11 is 0. The summed E-state index contributed by atoms with van der Waals surface area (Å²) in [6.07, 6.45) is 0. The molecule has 25 heavy (non-hydrogen) atoms. The summed E-state index contributed by atoms with van der Waals surface area (Å²) in [5.74, 6) is 8.76. The Morgan fingerprint density at radius 2 is 1.00 bits per heavy atom. The summed E-state index contributed by atoms with van der Waals surface area (Å²) < 4.78 is 28.0. The van der Waals surface area contributed by atoms with Gasteiger partial charge in [0.25, 0.3) is 0 Å². The number of hydrogen-bond donors (Lipinski definition) is 0. The fraction of sp³-hybridized carbons (Fsp3) is 0.300. The van der Waals surface area contributed by atoms with Crippen molar-refractivity contribution in [2.45, 2.75) is 0 Å². The lowest BCUT2D eigenvalue weighted by Gasteiger charge is -2.10. The van der Waals surface area contributed by atoms with E-state index in [4.69, 9.17) is 23.7 Å². The zero-order valence-corrected chi connectivity index (χ0v) is 13.9. The van der Waals surface area contributed by atoms with Crippen molar-refractivity contribution in [1.29, 1.82) is 0 Å². The lowest BCUT2D eigenvalue weighted by atomic mass is 10.3. The van der Waals surface area contributed by atoms with Crippen molar-refractivity contribution >= 4 is 0 Å². The second kappa shape index (κ2) is 9.45. The second-order valence-electron chi connectivity index (χ2n) is 5.19. The van der Waals surface area contributed by atoms with Crippen LogP contribution in [0.3, 0.4) is 0 Å². The molecule has 0 atom stereocenters. The largest absolute Gasteiger partial charge is 0.491 e. The van der Waals surface area contributed by atoms with Crippen LogP contribution >= 0.6 is 0 Å². The average Bonchev–Trinajstić information content (AvgIpc) is 2.64. The number of rotatable bonds is 0. The van der Waals surface area contributed by atoms with Crippen molar-refractivity contribution < 1.29 is 23.7 Å². The van der Waals surface area contributed by atoms with E-state index in [-0.39, 0.29) is 0 Å². The van der Waals surface area contributed by atoms with Crippen molar-refractivity contribution in [1.82, 2.24) is 0 Å². The third-order valence-electron chi connectivity index (χ3n) is 3.35. The third kappa shape index (κ3) is 5.94. The van der Waals surface area contributed by atoms with Gasteiger partial charge in [0, 0.05) is 12.1 Å². The molecule has 5 heteroatoms. The number of fused-ring (bicyclic) bond motifs is 4. The van der Waals surface area contributed by atoms with Gasteiger partial charge in [-0.15, -0.1) is 0 Å². The molecule has 0 radical (unpaired) electrons. The first-order valence-electron chi connectivity index (χ1n) is 8.15. The molecular weight excluding hydrogens is 320 g/mol. The van der Waals surface area contributed by atoms with Crippen LogP contribution in [0, 0.1) is 11.8 Å². The summed E-state index contributed by atoms with van der Waals surface area (Å²) in [4.78, 5) is 0. The highest BCUT2D eigenvalue weighted by Gasteiger charge is 2.00. The van der Waals surface area contributed by atoms with Crippen LogP contribution in [-0.2, 0) is 4.74 Å². The van der Waals surface area contributed by atoms with Crippen LogP contribution in [0.25, 0.3) is 0 Å². The molecule has 0 saturated heterocycles. The maximum atomic E-state index is 5.65. The zero-order chi connectivity index (χ0) is 17.2. The lowest BCUT2D eigenvalue weighted by Crippen LogP contribution is -2.12. The molecule has 1 heterocycles. The standard InChI is InChI=1S/C20H20O5/c1-2-10-23-18-6-4-8-20(16-18)25-14-12-21-11-13-24-19-7-3-5-17(15-19)22-9-1/h3-8,15-16H,9-14H2. The predicted octanol–water partition coefficient (Wildman–Crippen LogP) is 2.94. The van der Waals surface area contributed by atoms with Gasteiger partial charge in [0.15, 0.2) is 0 Å². The minimum absolute atomic E-state index is 0.291. The average molecular weight is 340 g/mol. The molecule has 2 aromatic rings. The van der Waals surface area contributed by atoms with Crippen molar-refractivity contribution in [3.8, 4) is 34.8 Å². The van der Waals surface area contributed by atoms with E-state index in [1.54, 1.807) is 0 Å². The molecule has 0 unspecified atom stereocenters. The summed E-state index contributed by atoms with van der Waals surface area (Å²) in [6.45, 7) is 2.49. The molecule has 0 aromatic heterocycles. The maximum Gasteiger partial charge on any atom is 0.149 e. The number of benzene rings is 2. The molecular formula is C20H20O5. The molecule has 0 N–H and O–H groups in total. The van der Waals surface area contributed by atoms with Crippen LogP contribution in [0.1, 0.15) is 0 Å². The van der Waals surface area contributed by atoms with Crippen molar-refractivity contribution in [2.24, 2.45) is 0 Å². The maximum absolute atomic E-state index is 5.65. The summed E-state index contributed by atoms with van der Waals surface area (Å²) in [7, 11) is 0. The lowest BCUT2D eigenvalue weighted by molar-refractivity contribution is 0.0763. The highest BCUT2D eigenvalue weighted by Crippen LogP contribution is 2.20. The van der Waals surface area contributed by atoms with Gasteiger partial charge < -0.3 is 23.7 Å². The van der Waals surface area contributed by atoms with Gasteiger partial charge >= 0.3 is 0 Å². The fourth-order valence-corrected chi connectivity index (χ4v) is 2.19. The molecule has 0 spiro atoms. The van der Waals surface area contributed by atoms with Gasteiger partial charge in [0.05, 0.1) is 13.2 Å². The van der Waals surface area contributed by atoms with Gasteiger partial charge in [0.2, 0.25) is 0 Å². The Morgan fingerprint density at radius 1 is 0.560 bits per heavy atom. The van der Waals surface area contributed by atoms with Crippen LogP contribution < -0.4 is 18.9 Å². The molecule has 0 fully saturated rings. The minimum Gasteiger partial charge on any atom is -0.491 e. The van der Waals surface area contributed by atoms with E-state index in [0.29, 0.717) is 51.1 Å². The van der Waals surface area contributed by atoms with Gasteiger partial charge in [-0.3, -0.25) is 0 Å². The van der Waals surface area contributed by atoms with Gasteiger partial charge in [-0.2, -0.15) is 0 Å². The Hall–Kier alpha value is -2.84. The van der Waals surface area contributed by atoms with Crippen LogP contribution in [0.5, 0.6) is 23.0 Å². The Labute approximate surface area is 147 Å². The van der Waals surface area contributed by atoms with Crippen molar-refractivity contribution in [2.75, 3.05) is 39.6 Å². The Kier molecular flexibility index (Phi) is 6.43. The fourth-order valence-electron chi connectivity index (χ4n) is 2.19. The topological polar surface area (TPSA) is 46.2 Å². The van der Waals surface area contributed by atoms with E-state index < -0.39 is 0 Å². The van der Waals surface area contributed by atoms with E-state index in [1.165, 1.54) is 0 Å². The number of ether oxygens (including phenoxy) is 5. The van der Waals surface area contributed by atoms with E-state index in [9.17, 15) is 0 Å². The number of hydrogen-bond acceptors (Lipinski definition) is 5. The van der Waals surface area contributed by atoms with Crippen LogP contribution in [0.4, 0.5) is 0 Å². The summed E-state index contributed by atoms with van der Waals surface area (Å²) in [6, 6.07) is 14.9. The van der Waals surface area contributed by atoms with E-state index in [0.717, 1.165) is 11.5 Å². The summed E-state index contributed by atoms with van der Waals surface area (Å²) in [5, 5.41) is 0. The molecule has 1 aliphatic rings. The molecule has 1 aliphatic heterocycles. The highest BCUT2D eigenvalue weighted by atomic mass is 16.5. The SMILES string of the molecule is C1#CCOc2cccc(c2)OCCOCCOc2cccc(c2)OC1. The minimum atomic E-state index is 0.291. The quantitative estimate of drug-likeness (QED) is 0.690. The van der Waals surface area contributed by atoms with E-state index in [2.05, 4.69) is 11.8 Å². The van der Waals surface area contributed by atoms with Crippen molar-refractivity contribution in [3.63, 3.8) is 0 Å². The van der Waals surface area contributed by atoms with E-state index >= 15 is 0 Å². The monoisotopic (exact) mass is 340 g/mol. The molecule has 5 nitrogen and oxygen atoms in total. The highest BCUT2D eigenvalue weighted by molar-refractivity contribution is 5.34. The van der Waals surface area contributed by atoms with Gasteiger partial charge in [0.1, 0.15) is 49.4 Å². The van der Waals surface area contributed by atoms with Gasteiger partial charge in [-0.25, -0.2) is 0 Å². The molecule has 0 amide bonds. The normalized spacial score (nSPS) is 15.4. The van der Waals surface area contributed by atoms with E-state index in [1.807, 2.05) is 48.5 Å². The third-order valence-corrected chi connectivity index (χ3v) is 3.35. The first-order chi connectivity index (χ1) is 12.4. The molecule has 3 rings (SSSR count). The molecule has 0 saturated carbocycles. The summed E-state index contributed by atoms with van der Waals surface area (Å²) in [5.41, 5.74) is 0. The van der Waals surface area contributed by atoms with Crippen LogP contribution in [0.15, 0.2) is 48.5 Å². The van der Waals surface area contributed by atoms with Gasteiger partial charge in [-0.05, 0) is 24.3 Å². The molecule has 4 bridgehead atoms. The molecule has 2 aromatic carbocycles. The van der Waals surface area contributed by atoms with Crippen LogP contribution in [-0.4, -0.2) is 39.6 Å². The second-order valence-corrected chi connectivity index (χ2v) is 5.19. The van der Waals surface area contributed by atoms with Gasteiger partial charge in [-0.1, -0.05) is 24.0 Å². The zero-order valence-electron chi connectivity index (χ0n) is 13.9. The Balaban J connectivity index is 1.63. The predicted molar refractivity (Wildman–Crippen MR) is 93.5 cm³/mol. The Morgan fingerprint density at radius 3 is 1.48 bits per heavy atom. The van der Waals surface area contributed by atoms with Crippen molar-refractivity contribution in [3.05, 3.63) is 48.5 Å².